The monoisotopic (exact) mass is 327 g/mol. The van der Waals surface area contributed by atoms with Crippen molar-refractivity contribution in [1.82, 2.24) is 4.90 Å². The number of thioether (sulfide) groups is 1. The molecule has 0 spiro atoms. The zero-order valence-corrected chi connectivity index (χ0v) is 13.4. The van der Waals surface area contributed by atoms with Gasteiger partial charge in [0.15, 0.2) is 11.8 Å². The number of rotatable bonds is 1. The van der Waals surface area contributed by atoms with Crippen LogP contribution in [-0.4, -0.2) is 34.7 Å². The van der Waals surface area contributed by atoms with Gasteiger partial charge in [-0.15, -0.1) is 0 Å². The molecule has 0 radical (unpaired) electrons. The van der Waals surface area contributed by atoms with Gasteiger partial charge < -0.3 is 15.0 Å². The number of carbonyl (C=O) groups excluding carboxylic acids is 1. The maximum absolute atomic E-state index is 11.5. The third-order valence-corrected chi connectivity index (χ3v) is 5.81. The van der Waals surface area contributed by atoms with E-state index in [1.165, 1.54) is 31.4 Å². The van der Waals surface area contributed by atoms with Gasteiger partial charge in [-0.25, -0.2) is 0 Å². The van der Waals surface area contributed by atoms with Gasteiger partial charge in [0, 0.05) is 11.0 Å². The summed E-state index contributed by atoms with van der Waals surface area (Å²) in [5, 5.41) is 6.20. The van der Waals surface area contributed by atoms with E-state index in [9.17, 15) is 4.79 Å². The number of hydrogen-bond donors (Lipinski definition) is 1. The van der Waals surface area contributed by atoms with Gasteiger partial charge in [0.05, 0.1) is 23.5 Å². The third kappa shape index (κ3) is 2.08. The first-order valence-electron chi connectivity index (χ1n) is 8.10. The second-order valence-corrected chi connectivity index (χ2v) is 7.21. The minimum absolute atomic E-state index is 0.0948. The Hall–Kier alpha value is -1.95. The zero-order chi connectivity index (χ0) is 15.4. The zero-order valence-electron chi connectivity index (χ0n) is 12.6. The highest BCUT2D eigenvalue weighted by molar-refractivity contribution is 8.16. The molecule has 0 saturated heterocycles. The van der Waals surface area contributed by atoms with E-state index in [1.807, 2.05) is 12.1 Å². The van der Waals surface area contributed by atoms with E-state index in [0.29, 0.717) is 12.1 Å². The van der Waals surface area contributed by atoms with Crippen molar-refractivity contribution in [3.8, 4) is 5.75 Å². The first kappa shape index (κ1) is 13.5. The molecule has 1 amide bonds. The summed E-state index contributed by atoms with van der Waals surface area (Å²) >= 11 is 1.72. The first-order chi connectivity index (χ1) is 11.3. The third-order valence-electron chi connectivity index (χ3n) is 4.95. The van der Waals surface area contributed by atoms with Crippen molar-refractivity contribution in [3.05, 3.63) is 29.2 Å². The molecule has 1 fully saturated rings. The molecule has 1 aliphatic carbocycles. The van der Waals surface area contributed by atoms with Crippen molar-refractivity contribution in [1.29, 1.82) is 0 Å². The number of hydrogen-bond acceptors (Lipinski definition) is 5. The molecule has 5 nitrogen and oxygen atoms in total. The molecule has 2 atom stereocenters. The first-order valence-corrected chi connectivity index (χ1v) is 8.98. The Bertz CT molecular complexity index is 758. The summed E-state index contributed by atoms with van der Waals surface area (Å²) in [5.41, 5.74) is 3.07. The van der Waals surface area contributed by atoms with Crippen molar-refractivity contribution in [2.45, 2.75) is 37.8 Å². The average Bonchev–Trinajstić information content (AvgIpc) is 3.13. The fourth-order valence-electron chi connectivity index (χ4n) is 3.87. The van der Waals surface area contributed by atoms with E-state index in [1.54, 1.807) is 11.8 Å². The molecule has 6 heteroatoms. The normalized spacial score (nSPS) is 28.2. The molecule has 0 unspecified atom stereocenters. The van der Waals surface area contributed by atoms with Crippen LogP contribution in [0.4, 0.5) is 5.69 Å². The summed E-state index contributed by atoms with van der Waals surface area (Å²) in [6, 6.07) is 6.98. The second-order valence-electron chi connectivity index (χ2n) is 6.37. The quantitative estimate of drug-likeness (QED) is 0.861. The van der Waals surface area contributed by atoms with Crippen LogP contribution in [0.15, 0.2) is 28.6 Å². The molecule has 1 N–H and O–H groups in total. The van der Waals surface area contributed by atoms with E-state index in [-0.39, 0.29) is 12.5 Å². The molecular weight excluding hydrogens is 310 g/mol. The van der Waals surface area contributed by atoms with Crippen LogP contribution in [0.3, 0.4) is 0 Å². The molecule has 1 saturated carbocycles. The molecular formula is C17H17N3O2S. The highest BCUT2D eigenvalue weighted by Crippen LogP contribution is 2.45. The maximum Gasteiger partial charge on any atom is 0.262 e. The van der Waals surface area contributed by atoms with Crippen LogP contribution in [0.2, 0.25) is 0 Å². The molecule has 118 valence electrons. The lowest BCUT2D eigenvalue weighted by atomic mass is 9.90. The van der Waals surface area contributed by atoms with Crippen molar-refractivity contribution in [3.63, 3.8) is 0 Å². The van der Waals surface area contributed by atoms with E-state index in [0.717, 1.165) is 22.2 Å². The van der Waals surface area contributed by atoms with Crippen LogP contribution >= 0.6 is 11.8 Å². The molecule has 4 aliphatic rings. The Balaban J connectivity index is 1.49. The molecule has 0 bridgehead atoms. The summed E-state index contributed by atoms with van der Waals surface area (Å²) < 4.78 is 5.45. The van der Waals surface area contributed by atoms with Gasteiger partial charge in [-0.05, 0) is 31.0 Å². The van der Waals surface area contributed by atoms with Crippen molar-refractivity contribution in [2.24, 2.45) is 4.99 Å². The number of nitrogens with zero attached hydrogens (tertiary/aromatic N) is 2. The van der Waals surface area contributed by atoms with Crippen molar-refractivity contribution < 1.29 is 9.53 Å². The highest BCUT2D eigenvalue weighted by atomic mass is 32.2. The van der Waals surface area contributed by atoms with Crippen molar-refractivity contribution in [2.75, 3.05) is 11.9 Å². The minimum Gasteiger partial charge on any atom is -0.482 e. The summed E-state index contributed by atoms with van der Waals surface area (Å²) in [6.45, 7) is 0.0948. The number of anilines is 1. The number of carbonyl (C=O) groups is 1. The lowest BCUT2D eigenvalue weighted by molar-refractivity contribution is -0.118. The van der Waals surface area contributed by atoms with E-state index in [4.69, 9.17) is 9.73 Å². The lowest BCUT2D eigenvalue weighted by Gasteiger charge is -2.32. The van der Waals surface area contributed by atoms with Crippen LogP contribution < -0.4 is 10.1 Å². The van der Waals surface area contributed by atoms with Crippen LogP contribution in [0.1, 0.15) is 31.2 Å². The fraction of sp³-hybridized carbons (Fsp3) is 0.412. The van der Waals surface area contributed by atoms with E-state index in [2.05, 4.69) is 21.7 Å². The average molecular weight is 327 g/mol. The van der Waals surface area contributed by atoms with Gasteiger partial charge in [-0.3, -0.25) is 9.79 Å². The van der Waals surface area contributed by atoms with Crippen LogP contribution in [-0.2, 0) is 4.79 Å². The largest absolute Gasteiger partial charge is 0.482 e. The van der Waals surface area contributed by atoms with Gasteiger partial charge in [0.2, 0.25) is 0 Å². The standard InChI is InChI=1S/C17H17N3O2S/c21-16-8-22-15-6-5-10(7-12(15)18-16)14-9-23-17-19-11-3-1-2-4-13(11)20(14)17/h5-7,9,11,13H,1-4,8H2,(H,18,21)/t11-,13-/m1/s1. The van der Waals surface area contributed by atoms with Gasteiger partial charge >= 0.3 is 0 Å². The van der Waals surface area contributed by atoms with Gasteiger partial charge in [0.25, 0.3) is 5.91 Å². The molecule has 3 heterocycles. The summed E-state index contributed by atoms with van der Waals surface area (Å²) in [4.78, 5) is 18.9. The predicted molar refractivity (Wildman–Crippen MR) is 91.5 cm³/mol. The Morgan fingerprint density at radius 3 is 3.17 bits per heavy atom. The maximum atomic E-state index is 11.5. The van der Waals surface area contributed by atoms with E-state index >= 15 is 0 Å². The van der Waals surface area contributed by atoms with Gasteiger partial charge in [0.1, 0.15) is 5.75 Å². The summed E-state index contributed by atoms with van der Waals surface area (Å²) in [6.07, 6.45) is 4.98. The summed E-state index contributed by atoms with van der Waals surface area (Å²) in [7, 11) is 0. The highest BCUT2D eigenvalue weighted by Gasteiger charge is 2.42. The van der Waals surface area contributed by atoms with Crippen molar-refractivity contribution >= 4 is 34.2 Å². The summed E-state index contributed by atoms with van der Waals surface area (Å²) in [5.74, 6) is 0.644. The number of amidine groups is 1. The number of ether oxygens (including phenoxy) is 1. The van der Waals surface area contributed by atoms with Crippen LogP contribution in [0.25, 0.3) is 5.70 Å². The molecule has 1 aromatic carbocycles. The van der Waals surface area contributed by atoms with E-state index < -0.39 is 0 Å². The SMILES string of the molecule is O=C1COc2ccc(C3=CSC4=N[C@@H]5CCCC[C@H]5N34)cc2N1. The Kier molecular flexibility index (Phi) is 2.95. The molecule has 23 heavy (non-hydrogen) atoms. The number of amides is 1. The molecule has 0 aromatic heterocycles. The second kappa shape index (κ2) is 5.03. The minimum atomic E-state index is -0.0970. The topological polar surface area (TPSA) is 53.9 Å². The molecule has 3 aliphatic heterocycles. The Labute approximate surface area is 138 Å². The van der Waals surface area contributed by atoms with Crippen LogP contribution in [0.5, 0.6) is 5.75 Å². The molecule has 5 rings (SSSR count). The van der Waals surface area contributed by atoms with Gasteiger partial charge in [-0.1, -0.05) is 24.6 Å². The number of benzene rings is 1. The Morgan fingerprint density at radius 1 is 1.30 bits per heavy atom. The number of fused-ring (bicyclic) bond motifs is 4. The number of nitrogens with one attached hydrogen (secondary N) is 1. The van der Waals surface area contributed by atoms with Crippen LogP contribution in [0, 0.1) is 0 Å². The molecule has 1 aromatic rings. The fourth-order valence-corrected chi connectivity index (χ4v) is 4.88. The van der Waals surface area contributed by atoms with Gasteiger partial charge in [-0.2, -0.15) is 0 Å². The smallest absolute Gasteiger partial charge is 0.262 e. The number of aliphatic imine (C=N–C) groups is 1. The Morgan fingerprint density at radius 2 is 2.22 bits per heavy atom. The predicted octanol–water partition coefficient (Wildman–Crippen LogP) is 3.05. The lowest BCUT2D eigenvalue weighted by Crippen LogP contribution is -2.38.